The Bertz CT molecular complexity index is 705. The van der Waals surface area contributed by atoms with Gasteiger partial charge in [-0.1, -0.05) is 19.3 Å². The zero-order chi connectivity index (χ0) is 19.4. The molecule has 0 spiro atoms. The van der Waals surface area contributed by atoms with Crippen molar-refractivity contribution in [1.29, 1.82) is 0 Å². The van der Waals surface area contributed by atoms with E-state index in [1.54, 1.807) is 31.2 Å². The fraction of sp³-hybridized carbons (Fsp3) is 0.571. The summed E-state index contributed by atoms with van der Waals surface area (Å²) in [6, 6.07) is 6.99. The van der Waals surface area contributed by atoms with E-state index in [9.17, 15) is 19.5 Å². The Kier molecular flexibility index (Phi) is 5.82. The van der Waals surface area contributed by atoms with Gasteiger partial charge in [-0.25, -0.2) is 0 Å². The lowest BCUT2D eigenvalue weighted by Gasteiger charge is -2.37. The maximum atomic E-state index is 13.0. The Morgan fingerprint density at radius 2 is 1.52 bits per heavy atom. The number of amides is 2. The van der Waals surface area contributed by atoms with E-state index in [1.165, 1.54) is 0 Å². The van der Waals surface area contributed by atoms with Crippen molar-refractivity contribution < 1.29 is 19.5 Å². The van der Waals surface area contributed by atoms with Gasteiger partial charge in [0.1, 0.15) is 0 Å². The summed E-state index contributed by atoms with van der Waals surface area (Å²) in [5.74, 6) is -0.933. The molecule has 2 fully saturated rings. The molecule has 2 saturated carbocycles. The third-order valence-electron chi connectivity index (χ3n) is 5.90. The highest BCUT2D eigenvalue weighted by atomic mass is 16.4. The van der Waals surface area contributed by atoms with Gasteiger partial charge in [0.25, 0.3) is 0 Å². The second kappa shape index (κ2) is 8.11. The number of aliphatic carboxylic acids is 1. The van der Waals surface area contributed by atoms with Crippen molar-refractivity contribution in [1.82, 2.24) is 0 Å². The molecular weight excluding hydrogens is 344 g/mol. The van der Waals surface area contributed by atoms with E-state index in [1.807, 2.05) is 0 Å². The maximum absolute atomic E-state index is 13.0. The fourth-order valence-electron chi connectivity index (χ4n) is 3.96. The van der Waals surface area contributed by atoms with Crippen LogP contribution in [-0.4, -0.2) is 22.9 Å². The number of nitrogens with one attached hydrogen (secondary N) is 2. The molecular formula is C21H28N2O4. The number of carbonyl (C=O) groups excluding carboxylic acids is 2. The first-order valence-electron chi connectivity index (χ1n) is 9.82. The number of hydrogen-bond acceptors (Lipinski definition) is 3. The summed E-state index contributed by atoms with van der Waals surface area (Å²) in [6.07, 6.45) is 6.75. The van der Waals surface area contributed by atoms with Gasteiger partial charge in [0.15, 0.2) is 0 Å². The van der Waals surface area contributed by atoms with Crippen molar-refractivity contribution in [3.63, 3.8) is 0 Å². The van der Waals surface area contributed by atoms with Crippen molar-refractivity contribution in [2.75, 3.05) is 10.6 Å². The van der Waals surface area contributed by atoms with Gasteiger partial charge in [-0.05, 0) is 62.8 Å². The van der Waals surface area contributed by atoms with Crippen LogP contribution >= 0.6 is 0 Å². The van der Waals surface area contributed by atoms with Crippen molar-refractivity contribution in [2.45, 2.75) is 58.3 Å². The molecule has 2 aliphatic carbocycles. The molecule has 3 N–H and O–H groups in total. The van der Waals surface area contributed by atoms with Crippen LogP contribution in [-0.2, 0) is 14.4 Å². The monoisotopic (exact) mass is 372 g/mol. The van der Waals surface area contributed by atoms with E-state index >= 15 is 0 Å². The summed E-state index contributed by atoms with van der Waals surface area (Å²) < 4.78 is 0. The quantitative estimate of drug-likeness (QED) is 0.673. The molecule has 3 rings (SSSR count). The van der Waals surface area contributed by atoms with Crippen molar-refractivity contribution in [3.05, 3.63) is 24.3 Å². The zero-order valence-corrected chi connectivity index (χ0v) is 15.8. The Morgan fingerprint density at radius 3 is 2.04 bits per heavy atom. The average molecular weight is 372 g/mol. The number of hydrogen-bond donors (Lipinski definition) is 3. The average Bonchev–Trinajstić information content (AvgIpc) is 3.48. The van der Waals surface area contributed by atoms with E-state index in [-0.39, 0.29) is 30.1 Å². The van der Waals surface area contributed by atoms with Crippen LogP contribution in [0.2, 0.25) is 0 Å². The molecule has 0 heterocycles. The SMILES string of the molecule is CC(CC(=O)O)(C(=O)Nc1ccc(NC(=O)C2CC2)cc1)C1CCCCC1. The largest absolute Gasteiger partial charge is 0.481 e. The van der Waals surface area contributed by atoms with Gasteiger partial charge in [0.2, 0.25) is 11.8 Å². The summed E-state index contributed by atoms with van der Waals surface area (Å²) in [5.41, 5.74) is 0.382. The number of anilines is 2. The number of carboxylic acids is 1. The van der Waals surface area contributed by atoms with Crippen LogP contribution < -0.4 is 10.6 Å². The summed E-state index contributed by atoms with van der Waals surface area (Å²) in [7, 11) is 0. The molecule has 2 aliphatic rings. The number of rotatable bonds is 7. The van der Waals surface area contributed by atoms with Gasteiger partial charge in [-0.2, -0.15) is 0 Å². The maximum Gasteiger partial charge on any atom is 0.304 e. The van der Waals surface area contributed by atoms with E-state index < -0.39 is 11.4 Å². The van der Waals surface area contributed by atoms with E-state index in [0.29, 0.717) is 11.4 Å². The molecule has 0 aliphatic heterocycles. The predicted molar refractivity (Wildman–Crippen MR) is 103 cm³/mol. The van der Waals surface area contributed by atoms with Gasteiger partial charge in [0, 0.05) is 17.3 Å². The molecule has 6 heteroatoms. The molecule has 1 aromatic rings. The summed E-state index contributed by atoms with van der Waals surface area (Å²) in [5, 5.41) is 15.1. The van der Waals surface area contributed by atoms with Crippen LogP contribution in [0.4, 0.5) is 11.4 Å². The Morgan fingerprint density at radius 1 is 0.963 bits per heavy atom. The number of carbonyl (C=O) groups is 3. The Labute approximate surface area is 159 Å². The van der Waals surface area contributed by atoms with Crippen molar-refractivity contribution >= 4 is 29.2 Å². The van der Waals surface area contributed by atoms with Gasteiger partial charge < -0.3 is 15.7 Å². The number of benzene rings is 1. The second-order valence-electron chi connectivity index (χ2n) is 8.12. The van der Waals surface area contributed by atoms with Crippen LogP contribution in [0, 0.1) is 17.3 Å². The molecule has 1 aromatic carbocycles. The van der Waals surface area contributed by atoms with Gasteiger partial charge in [-0.15, -0.1) is 0 Å². The molecule has 0 radical (unpaired) electrons. The Balaban J connectivity index is 1.66. The second-order valence-corrected chi connectivity index (χ2v) is 8.12. The molecule has 146 valence electrons. The highest BCUT2D eigenvalue weighted by molar-refractivity contribution is 5.98. The summed E-state index contributed by atoms with van der Waals surface area (Å²) in [4.78, 5) is 36.2. The van der Waals surface area contributed by atoms with Crippen molar-refractivity contribution in [3.8, 4) is 0 Å². The minimum absolute atomic E-state index is 0.0399. The lowest BCUT2D eigenvalue weighted by atomic mass is 9.67. The summed E-state index contributed by atoms with van der Waals surface area (Å²) in [6.45, 7) is 1.77. The molecule has 0 aromatic heterocycles. The molecule has 6 nitrogen and oxygen atoms in total. The number of carboxylic acid groups (broad SMARTS) is 1. The van der Waals surface area contributed by atoms with Gasteiger partial charge >= 0.3 is 5.97 Å². The topological polar surface area (TPSA) is 95.5 Å². The molecule has 1 atom stereocenters. The first kappa shape index (κ1) is 19.4. The van der Waals surface area contributed by atoms with Crippen molar-refractivity contribution in [2.24, 2.45) is 17.3 Å². The van der Waals surface area contributed by atoms with Gasteiger partial charge in [0.05, 0.1) is 11.8 Å². The molecule has 0 bridgehead atoms. The standard InChI is InChI=1S/C21H28N2O4/c1-21(13-18(24)25,15-5-3-2-4-6-15)20(27)23-17-11-9-16(10-12-17)22-19(26)14-7-8-14/h9-12,14-15H,2-8,13H2,1H3,(H,22,26)(H,23,27)(H,24,25). The zero-order valence-electron chi connectivity index (χ0n) is 15.8. The van der Waals surface area contributed by atoms with Crippen LogP contribution in [0.25, 0.3) is 0 Å². The molecule has 2 amide bonds. The normalized spacial score (nSPS) is 19.7. The minimum atomic E-state index is -0.948. The third kappa shape index (κ3) is 4.87. The molecule has 1 unspecified atom stereocenters. The minimum Gasteiger partial charge on any atom is -0.481 e. The Hall–Kier alpha value is -2.37. The van der Waals surface area contributed by atoms with Crippen LogP contribution in [0.3, 0.4) is 0 Å². The van der Waals surface area contributed by atoms with Crippen LogP contribution in [0.15, 0.2) is 24.3 Å². The van der Waals surface area contributed by atoms with E-state index in [2.05, 4.69) is 10.6 Å². The molecule has 0 saturated heterocycles. The highest BCUT2D eigenvalue weighted by Crippen LogP contribution is 2.42. The predicted octanol–water partition coefficient (Wildman–Crippen LogP) is 4.03. The first-order valence-corrected chi connectivity index (χ1v) is 9.82. The smallest absolute Gasteiger partial charge is 0.304 e. The summed E-state index contributed by atoms with van der Waals surface area (Å²) >= 11 is 0. The third-order valence-corrected chi connectivity index (χ3v) is 5.90. The van der Waals surface area contributed by atoms with E-state index in [0.717, 1.165) is 44.9 Å². The van der Waals surface area contributed by atoms with E-state index in [4.69, 9.17) is 0 Å². The fourth-order valence-corrected chi connectivity index (χ4v) is 3.96. The van der Waals surface area contributed by atoms with Crippen LogP contribution in [0.5, 0.6) is 0 Å². The molecule has 27 heavy (non-hydrogen) atoms. The highest BCUT2D eigenvalue weighted by Gasteiger charge is 2.43. The first-order chi connectivity index (χ1) is 12.9. The van der Waals surface area contributed by atoms with Gasteiger partial charge in [-0.3, -0.25) is 14.4 Å². The lowest BCUT2D eigenvalue weighted by molar-refractivity contribution is -0.145. The van der Waals surface area contributed by atoms with Crippen LogP contribution in [0.1, 0.15) is 58.3 Å². The lowest BCUT2D eigenvalue weighted by Crippen LogP contribution is -2.42.